The highest BCUT2D eigenvalue weighted by molar-refractivity contribution is 6.15. The van der Waals surface area contributed by atoms with Gasteiger partial charge in [0.2, 0.25) is 0 Å². The van der Waals surface area contributed by atoms with Crippen LogP contribution in [0.4, 0.5) is 4.79 Å². The minimum Gasteiger partial charge on any atom is -0.336 e. The topological polar surface area (TPSA) is 84.2 Å². The van der Waals surface area contributed by atoms with Crippen LogP contribution in [0, 0.1) is 6.92 Å². The Morgan fingerprint density at radius 2 is 1.75 bits per heavy atom. The van der Waals surface area contributed by atoms with Gasteiger partial charge < -0.3 is 10.6 Å². The number of aromatic nitrogens is 3. The van der Waals surface area contributed by atoms with E-state index in [0.29, 0.717) is 5.82 Å². The number of urea groups is 1. The molecular weight excluding hydrogens is 352 g/mol. The van der Waals surface area contributed by atoms with Crippen LogP contribution in [0.3, 0.4) is 0 Å². The van der Waals surface area contributed by atoms with E-state index in [2.05, 4.69) is 20.8 Å². The number of hydrogen-bond acceptors (Lipinski definition) is 4. The van der Waals surface area contributed by atoms with Gasteiger partial charge in [0, 0.05) is 17.2 Å². The smallest absolute Gasteiger partial charge is 0.317 e. The first-order valence-corrected chi connectivity index (χ1v) is 9.26. The molecule has 2 N–H and O–H groups in total. The number of rotatable bonds is 3. The van der Waals surface area contributed by atoms with Crippen LogP contribution in [0.25, 0.3) is 5.69 Å². The summed E-state index contributed by atoms with van der Waals surface area (Å²) in [5.74, 6) is 1.32. The summed E-state index contributed by atoms with van der Waals surface area (Å²) in [4.78, 5) is 17.3. The maximum Gasteiger partial charge on any atom is 0.317 e. The highest BCUT2D eigenvalue weighted by atomic mass is 16.2. The van der Waals surface area contributed by atoms with Gasteiger partial charge in [-0.3, -0.25) is 9.56 Å². The Bertz CT molecular complexity index is 1040. The molecule has 3 aromatic rings. The fourth-order valence-electron chi connectivity index (χ4n) is 3.33. The number of aliphatic imine (C=N–C) groups is 1. The van der Waals surface area contributed by atoms with E-state index < -0.39 is 6.17 Å². The van der Waals surface area contributed by atoms with E-state index in [1.165, 1.54) is 0 Å². The van der Waals surface area contributed by atoms with Crippen molar-refractivity contribution in [1.29, 1.82) is 0 Å². The quantitative estimate of drug-likeness (QED) is 0.739. The molecule has 1 atom stereocenters. The second-order valence-electron chi connectivity index (χ2n) is 6.98. The predicted molar refractivity (Wildman–Crippen MR) is 108 cm³/mol. The number of fused-ring (bicyclic) bond motifs is 3. The molecule has 1 aromatic heterocycles. The minimum absolute atomic E-state index is 0.0140. The fourth-order valence-corrected chi connectivity index (χ4v) is 3.33. The highest BCUT2D eigenvalue weighted by Crippen LogP contribution is 2.29. The molecule has 28 heavy (non-hydrogen) atoms. The van der Waals surface area contributed by atoms with Crippen LogP contribution in [0.15, 0.2) is 59.6 Å². The van der Waals surface area contributed by atoms with Crippen molar-refractivity contribution in [1.82, 2.24) is 25.4 Å². The second-order valence-corrected chi connectivity index (χ2v) is 6.98. The summed E-state index contributed by atoms with van der Waals surface area (Å²) in [7, 11) is 0. The molecule has 4 rings (SSSR count). The Morgan fingerprint density at radius 1 is 1.04 bits per heavy atom. The lowest BCUT2D eigenvalue weighted by molar-refractivity contribution is 0.234. The maximum atomic E-state index is 12.4. The van der Waals surface area contributed by atoms with E-state index in [9.17, 15) is 4.79 Å². The third kappa shape index (κ3) is 3.26. The molecule has 1 aliphatic heterocycles. The lowest BCUT2D eigenvalue weighted by atomic mass is 10.0. The third-order valence-corrected chi connectivity index (χ3v) is 4.49. The number of nitrogens with zero attached hydrogens (tertiary/aromatic N) is 4. The molecule has 1 aliphatic rings. The van der Waals surface area contributed by atoms with Crippen molar-refractivity contribution in [3.8, 4) is 5.69 Å². The van der Waals surface area contributed by atoms with Gasteiger partial charge in [-0.25, -0.2) is 4.79 Å². The molecule has 0 fully saturated rings. The Balaban J connectivity index is 1.89. The number of hydrogen-bond donors (Lipinski definition) is 2. The van der Waals surface area contributed by atoms with Gasteiger partial charge in [-0.2, -0.15) is 0 Å². The van der Waals surface area contributed by atoms with Crippen molar-refractivity contribution >= 4 is 11.7 Å². The van der Waals surface area contributed by atoms with E-state index in [0.717, 1.165) is 28.4 Å². The Morgan fingerprint density at radius 3 is 2.50 bits per heavy atom. The largest absolute Gasteiger partial charge is 0.336 e. The van der Waals surface area contributed by atoms with Gasteiger partial charge in [-0.15, -0.1) is 10.2 Å². The zero-order chi connectivity index (χ0) is 19.7. The maximum absolute atomic E-state index is 12.4. The van der Waals surface area contributed by atoms with Crippen LogP contribution in [0.5, 0.6) is 0 Å². The van der Waals surface area contributed by atoms with E-state index in [1.807, 2.05) is 79.9 Å². The number of benzene rings is 2. The van der Waals surface area contributed by atoms with Gasteiger partial charge >= 0.3 is 6.03 Å². The average molecular weight is 374 g/mol. The standard InChI is InChI=1S/C21H22N6O/c1-13(2)22-21(28)24-19-20-26-25-14(3)27(20)17-12-8-7-11-16(17)18(23-19)15-9-5-4-6-10-15/h4-13,19H,1-3H3,(H2,22,24,28). The van der Waals surface area contributed by atoms with Crippen LogP contribution in [-0.2, 0) is 0 Å². The average Bonchev–Trinajstić information content (AvgIpc) is 3.00. The summed E-state index contributed by atoms with van der Waals surface area (Å²) in [6, 6.07) is 17.7. The number of carbonyl (C=O) groups is 1. The fraction of sp³-hybridized carbons (Fsp3) is 0.238. The number of amides is 2. The predicted octanol–water partition coefficient (Wildman–Crippen LogP) is 3.13. The van der Waals surface area contributed by atoms with Crippen molar-refractivity contribution in [3.63, 3.8) is 0 Å². The van der Waals surface area contributed by atoms with E-state index in [-0.39, 0.29) is 12.1 Å². The van der Waals surface area contributed by atoms with Crippen molar-refractivity contribution < 1.29 is 4.79 Å². The summed E-state index contributed by atoms with van der Waals surface area (Å²) in [6.07, 6.45) is -0.664. The molecule has 2 aromatic carbocycles. The number of carbonyl (C=O) groups excluding carboxylic acids is 1. The first-order valence-electron chi connectivity index (χ1n) is 9.26. The third-order valence-electron chi connectivity index (χ3n) is 4.49. The molecule has 0 saturated carbocycles. The van der Waals surface area contributed by atoms with Crippen LogP contribution < -0.4 is 10.6 Å². The molecule has 0 spiro atoms. The van der Waals surface area contributed by atoms with E-state index >= 15 is 0 Å². The van der Waals surface area contributed by atoms with Gasteiger partial charge in [-0.1, -0.05) is 48.5 Å². The molecule has 2 amide bonds. The highest BCUT2D eigenvalue weighted by Gasteiger charge is 2.28. The summed E-state index contributed by atoms with van der Waals surface area (Å²) in [5.41, 5.74) is 3.68. The Hall–Kier alpha value is -3.48. The van der Waals surface area contributed by atoms with Crippen LogP contribution in [0.1, 0.15) is 42.8 Å². The van der Waals surface area contributed by atoms with Crippen molar-refractivity contribution in [3.05, 3.63) is 77.4 Å². The molecule has 7 nitrogen and oxygen atoms in total. The van der Waals surface area contributed by atoms with Gasteiger partial charge in [0.1, 0.15) is 5.82 Å². The van der Waals surface area contributed by atoms with Crippen molar-refractivity contribution in [2.45, 2.75) is 33.0 Å². The monoisotopic (exact) mass is 374 g/mol. The second kappa shape index (κ2) is 7.26. The van der Waals surface area contributed by atoms with Crippen LogP contribution in [0.2, 0.25) is 0 Å². The van der Waals surface area contributed by atoms with Crippen molar-refractivity contribution in [2.24, 2.45) is 4.99 Å². The molecule has 0 aliphatic carbocycles. The minimum atomic E-state index is -0.664. The van der Waals surface area contributed by atoms with Crippen LogP contribution in [-0.4, -0.2) is 32.5 Å². The molecule has 2 heterocycles. The first-order chi connectivity index (χ1) is 13.5. The summed E-state index contributed by atoms with van der Waals surface area (Å²) < 4.78 is 1.95. The molecule has 0 bridgehead atoms. The molecule has 0 radical (unpaired) electrons. The first kappa shape index (κ1) is 17.9. The number of nitrogens with one attached hydrogen (secondary N) is 2. The number of aryl methyl sites for hydroxylation is 1. The summed E-state index contributed by atoms with van der Waals surface area (Å²) >= 11 is 0. The Kier molecular flexibility index (Phi) is 4.65. The van der Waals surface area contributed by atoms with Crippen molar-refractivity contribution in [2.75, 3.05) is 0 Å². The summed E-state index contributed by atoms with van der Waals surface area (Å²) in [5, 5.41) is 14.3. The number of para-hydroxylation sites is 1. The van der Waals surface area contributed by atoms with Gasteiger partial charge in [0.05, 0.1) is 11.4 Å². The molecular formula is C21H22N6O. The van der Waals surface area contributed by atoms with Gasteiger partial charge in [-0.05, 0) is 26.8 Å². The van der Waals surface area contributed by atoms with Gasteiger partial charge in [0.15, 0.2) is 12.0 Å². The molecule has 142 valence electrons. The van der Waals surface area contributed by atoms with E-state index in [1.54, 1.807) is 0 Å². The zero-order valence-corrected chi connectivity index (χ0v) is 16.0. The summed E-state index contributed by atoms with van der Waals surface area (Å²) in [6.45, 7) is 5.72. The lowest BCUT2D eigenvalue weighted by Gasteiger charge is -2.16. The SMILES string of the molecule is Cc1nnc2n1-c1ccccc1C(c1ccccc1)=NC2NC(=O)NC(C)C. The zero-order valence-electron chi connectivity index (χ0n) is 16.0. The molecule has 1 unspecified atom stereocenters. The normalized spacial score (nSPS) is 15.3. The molecule has 0 saturated heterocycles. The lowest BCUT2D eigenvalue weighted by Crippen LogP contribution is -2.41. The van der Waals surface area contributed by atoms with Crippen LogP contribution >= 0.6 is 0 Å². The van der Waals surface area contributed by atoms with Gasteiger partial charge in [0.25, 0.3) is 0 Å². The molecule has 7 heteroatoms. The van der Waals surface area contributed by atoms with E-state index in [4.69, 9.17) is 4.99 Å². The Labute approximate surface area is 163 Å².